The Hall–Kier alpha value is -2.29. The number of carbonyl (C=O) groups excluding carboxylic acids is 1. The third kappa shape index (κ3) is 3.67. The third-order valence-electron chi connectivity index (χ3n) is 2.31. The first-order valence-corrected chi connectivity index (χ1v) is 6.32. The summed E-state index contributed by atoms with van der Waals surface area (Å²) in [6.07, 6.45) is -3.53. The smallest absolute Gasteiger partial charge is 0.437 e. The number of nitrogens with zero attached hydrogens (tertiary/aromatic N) is 2. The minimum atomic E-state index is -4.87. The molecule has 10 heteroatoms. The Kier molecular flexibility index (Phi) is 4.55. The topological polar surface area (TPSA) is 77.2 Å². The molecule has 0 saturated heterocycles. The zero-order valence-electron chi connectivity index (χ0n) is 11.1. The molecule has 0 aliphatic rings. The number of rotatable bonds is 4. The van der Waals surface area contributed by atoms with Crippen LogP contribution >= 0.6 is 11.6 Å². The molecule has 0 atom stereocenters. The van der Waals surface area contributed by atoms with Gasteiger partial charge in [0.1, 0.15) is 5.82 Å². The predicted octanol–water partition coefficient (Wildman–Crippen LogP) is 3.66. The molecule has 0 radical (unpaired) electrons. The van der Waals surface area contributed by atoms with Crippen molar-refractivity contribution in [3.8, 4) is 0 Å². The zero-order valence-corrected chi connectivity index (χ0v) is 11.8. The van der Waals surface area contributed by atoms with Gasteiger partial charge in [0.15, 0.2) is 5.69 Å². The molecule has 118 valence electrons. The molecule has 0 saturated carbocycles. The highest BCUT2D eigenvalue weighted by Gasteiger charge is 2.41. The minimum Gasteiger partial charge on any atom is -0.460 e. The minimum absolute atomic E-state index is 0.102. The fourth-order valence-corrected chi connectivity index (χ4v) is 1.64. The SMILES string of the molecule is CCOC(=O)c1oc(Nc2cc(Cl)ccn2)nc1C(F)(F)F. The molecule has 0 aliphatic carbocycles. The van der Waals surface area contributed by atoms with E-state index in [2.05, 4.69) is 20.0 Å². The van der Waals surface area contributed by atoms with Crippen LogP contribution in [-0.2, 0) is 10.9 Å². The van der Waals surface area contributed by atoms with Crippen LogP contribution in [0.4, 0.5) is 25.0 Å². The summed E-state index contributed by atoms with van der Waals surface area (Å²) in [6.45, 7) is 1.35. The van der Waals surface area contributed by atoms with Crippen molar-refractivity contribution in [1.82, 2.24) is 9.97 Å². The molecule has 0 unspecified atom stereocenters. The number of esters is 1. The maximum absolute atomic E-state index is 12.9. The van der Waals surface area contributed by atoms with Crippen LogP contribution in [-0.4, -0.2) is 22.5 Å². The van der Waals surface area contributed by atoms with Crippen LogP contribution in [0.3, 0.4) is 0 Å². The number of ether oxygens (including phenoxy) is 1. The van der Waals surface area contributed by atoms with E-state index in [0.717, 1.165) is 0 Å². The second kappa shape index (κ2) is 6.22. The lowest BCUT2D eigenvalue weighted by atomic mass is 10.3. The summed E-state index contributed by atoms with van der Waals surface area (Å²) in [5.41, 5.74) is -1.48. The third-order valence-corrected chi connectivity index (χ3v) is 2.55. The average Bonchev–Trinajstić information content (AvgIpc) is 2.83. The number of oxazole rings is 1. The summed E-state index contributed by atoms with van der Waals surface area (Å²) in [7, 11) is 0. The lowest BCUT2D eigenvalue weighted by molar-refractivity contribution is -0.141. The van der Waals surface area contributed by atoms with Crippen LogP contribution in [0, 0.1) is 0 Å². The average molecular weight is 336 g/mol. The van der Waals surface area contributed by atoms with E-state index < -0.39 is 29.6 Å². The monoisotopic (exact) mass is 335 g/mol. The molecule has 0 spiro atoms. The first kappa shape index (κ1) is 16.1. The molecule has 0 aromatic carbocycles. The second-order valence-corrected chi connectivity index (χ2v) is 4.34. The molecule has 0 aliphatic heterocycles. The Morgan fingerprint density at radius 2 is 2.23 bits per heavy atom. The van der Waals surface area contributed by atoms with Crippen LogP contribution < -0.4 is 5.32 Å². The number of carbonyl (C=O) groups is 1. The van der Waals surface area contributed by atoms with Crippen molar-refractivity contribution >= 4 is 29.4 Å². The standard InChI is InChI=1S/C12H9ClF3N3O3/c1-2-21-10(20)8-9(12(14,15)16)19-11(22-8)18-7-5-6(13)3-4-17-7/h3-5H,2H2,1H3,(H,17,18,19). The van der Waals surface area contributed by atoms with Crippen molar-refractivity contribution in [2.24, 2.45) is 0 Å². The highest BCUT2D eigenvalue weighted by atomic mass is 35.5. The quantitative estimate of drug-likeness (QED) is 0.859. The molecule has 2 heterocycles. The van der Waals surface area contributed by atoms with E-state index in [1.807, 2.05) is 0 Å². The van der Waals surface area contributed by atoms with Crippen LogP contribution in [0.25, 0.3) is 0 Å². The summed E-state index contributed by atoms with van der Waals surface area (Å²) < 4.78 is 47.9. The molecule has 2 aromatic heterocycles. The van der Waals surface area contributed by atoms with Gasteiger partial charge < -0.3 is 9.15 Å². The van der Waals surface area contributed by atoms with E-state index in [4.69, 9.17) is 16.0 Å². The van der Waals surface area contributed by atoms with Crippen molar-refractivity contribution in [1.29, 1.82) is 0 Å². The zero-order chi connectivity index (χ0) is 16.3. The molecule has 0 amide bonds. The van der Waals surface area contributed by atoms with Crippen molar-refractivity contribution in [3.05, 3.63) is 34.8 Å². The highest BCUT2D eigenvalue weighted by molar-refractivity contribution is 6.30. The van der Waals surface area contributed by atoms with Crippen LogP contribution in [0.2, 0.25) is 5.02 Å². The maximum atomic E-state index is 12.9. The number of hydrogen-bond acceptors (Lipinski definition) is 6. The normalized spacial score (nSPS) is 11.3. The largest absolute Gasteiger partial charge is 0.460 e. The van der Waals surface area contributed by atoms with Gasteiger partial charge in [-0.25, -0.2) is 9.78 Å². The van der Waals surface area contributed by atoms with E-state index in [1.54, 1.807) is 0 Å². The summed E-state index contributed by atoms with van der Waals surface area (Å²) in [5.74, 6) is -2.17. The molecular formula is C12H9ClF3N3O3. The van der Waals surface area contributed by atoms with Crippen molar-refractivity contribution in [3.63, 3.8) is 0 Å². The van der Waals surface area contributed by atoms with Crippen LogP contribution in [0.5, 0.6) is 0 Å². The summed E-state index contributed by atoms with van der Waals surface area (Å²) >= 11 is 5.73. The van der Waals surface area contributed by atoms with Gasteiger partial charge >= 0.3 is 18.2 Å². The van der Waals surface area contributed by atoms with Gasteiger partial charge in [0.25, 0.3) is 0 Å². The van der Waals surface area contributed by atoms with Gasteiger partial charge in [-0.3, -0.25) is 5.32 Å². The number of alkyl halides is 3. The molecular weight excluding hydrogens is 327 g/mol. The van der Waals surface area contributed by atoms with Crippen molar-refractivity contribution in [2.75, 3.05) is 11.9 Å². The fraction of sp³-hybridized carbons (Fsp3) is 0.250. The Morgan fingerprint density at radius 1 is 1.50 bits per heavy atom. The first-order chi connectivity index (χ1) is 10.3. The first-order valence-electron chi connectivity index (χ1n) is 5.95. The molecule has 1 N–H and O–H groups in total. The molecule has 0 bridgehead atoms. The highest BCUT2D eigenvalue weighted by Crippen LogP contribution is 2.34. The van der Waals surface area contributed by atoms with E-state index in [9.17, 15) is 18.0 Å². The summed E-state index contributed by atoms with van der Waals surface area (Å²) in [6, 6.07) is 2.28. The Labute approximate surface area is 127 Å². The van der Waals surface area contributed by atoms with Crippen LogP contribution in [0.1, 0.15) is 23.2 Å². The molecule has 6 nitrogen and oxygen atoms in total. The molecule has 2 rings (SSSR count). The predicted molar refractivity (Wildman–Crippen MR) is 70.0 cm³/mol. The summed E-state index contributed by atoms with van der Waals surface area (Å²) in [4.78, 5) is 18.6. The van der Waals surface area contributed by atoms with Gasteiger partial charge in [-0.05, 0) is 19.1 Å². The van der Waals surface area contributed by atoms with E-state index >= 15 is 0 Å². The number of halogens is 4. The van der Waals surface area contributed by atoms with E-state index in [-0.39, 0.29) is 12.4 Å². The van der Waals surface area contributed by atoms with Crippen molar-refractivity contribution in [2.45, 2.75) is 13.1 Å². The number of hydrogen-bond donors (Lipinski definition) is 1. The van der Waals surface area contributed by atoms with Gasteiger partial charge in [-0.2, -0.15) is 18.2 Å². The number of pyridine rings is 1. The second-order valence-electron chi connectivity index (χ2n) is 3.90. The van der Waals surface area contributed by atoms with Gasteiger partial charge in [-0.1, -0.05) is 11.6 Å². The van der Waals surface area contributed by atoms with Crippen LogP contribution in [0.15, 0.2) is 22.7 Å². The number of nitrogens with one attached hydrogen (secondary N) is 1. The Bertz CT molecular complexity index is 688. The molecule has 2 aromatic rings. The lowest BCUT2D eigenvalue weighted by Gasteiger charge is -2.03. The number of aromatic nitrogens is 2. The van der Waals surface area contributed by atoms with Crippen molar-refractivity contribution < 1.29 is 27.1 Å². The van der Waals surface area contributed by atoms with Gasteiger partial charge in [0.05, 0.1) is 6.61 Å². The molecule has 0 fully saturated rings. The fourth-order valence-electron chi connectivity index (χ4n) is 1.48. The van der Waals surface area contributed by atoms with Gasteiger partial charge in [-0.15, -0.1) is 0 Å². The van der Waals surface area contributed by atoms with Gasteiger partial charge in [0.2, 0.25) is 5.76 Å². The van der Waals surface area contributed by atoms with Gasteiger partial charge in [0, 0.05) is 11.2 Å². The Balaban J connectivity index is 2.35. The molecule has 22 heavy (non-hydrogen) atoms. The number of anilines is 2. The Morgan fingerprint density at radius 3 is 2.82 bits per heavy atom. The maximum Gasteiger partial charge on any atom is 0.437 e. The lowest BCUT2D eigenvalue weighted by Crippen LogP contribution is -2.14. The summed E-state index contributed by atoms with van der Waals surface area (Å²) in [5, 5.41) is 2.70. The van der Waals surface area contributed by atoms with E-state index in [0.29, 0.717) is 5.02 Å². The van der Waals surface area contributed by atoms with E-state index in [1.165, 1.54) is 25.3 Å².